The molecule has 1 N–H and O–H groups in total. The van der Waals surface area contributed by atoms with Crippen molar-refractivity contribution in [3.63, 3.8) is 0 Å². The topological polar surface area (TPSA) is 37.8 Å². The van der Waals surface area contributed by atoms with Crippen molar-refractivity contribution in [2.45, 2.75) is 13.8 Å². The Labute approximate surface area is 91.8 Å². The molecule has 0 aromatic carbocycles. The smallest absolute Gasteiger partial charge is 0.143 e. The minimum atomic E-state index is 0.815. The van der Waals surface area contributed by atoms with Crippen molar-refractivity contribution < 1.29 is 0 Å². The van der Waals surface area contributed by atoms with Crippen molar-refractivity contribution in [2.75, 3.05) is 11.9 Å². The first-order valence-electron chi connectivity index (χ1n) is 4.03. The summed E-state index contributed by atoms with van der Waals surface area (Å²) in [4.78, 5) is 8.03. The molecule has 0 radical (unpaired) electrons. The molecule has 70 valence electrons. The molecule has 4 heteroatoms. The monoisotopic (exact) mass is 289 g/mol. The molecule has 13 heavy (non-hydrogen) atoms. The van der Waals surface area contributed by atoms with Gasteiger partial charge in [0, 0.05) is 12.7 Å². The molecule has 1 aromatic rings. The van der Waals surface area contributed by atoms with Crippen LogP contribution >= 0.6 is 22.6 Å². The predicted molar refractivity (Wildman–Crippen MR) is 62.7 cm³/mol. The molecule has 0 saturated heterocycles. The van der Waals surface area contributed by atoms with E-state index in [1.165, 1.54) is 5.57 Å². The second-order valence-corrected chi connectivity index (χ2v) is 4.04. The summed E-state index contributed by atoms with van der Waals surface area (Å²) in [6.45, 7) is 4.97. The lowest BCUT2D eigenvalue weighted by Gasteiger charge is -2.03. The highest BCUT2D eigenvalue weighted by Gasteiger charge is 1.96. The highest BCUT2D eigenvalue weighted by Crippen LogP contribution is 2.11. The predicted octanol–water partition coefficient (Wildman–Crippen LogP) is 2.46. The number of aromatic nitrogens is 2. The van der Waals surface area contributed by atoms with Crippen molar-refractivity contribution in [3.05, 3.63) is 27.7 Å². The molecule has 0 bridgehead atoms. The highest BCUT2D eigenvalue weighted by molar-refractivity contribution is 14.1. The molecule has 1 heterocycles. The van der Waals surface area contributed by atoms with E-state index in [2.05, 4.69) is 57.8 Å². The second kappa shape index (κ2) is 5.16. The number of hydrogen-bond donors (Lipinski definition) is 1. The molecule has 0 atom stereocenters. The van der Waals surface area contributed by atoms with Gasteiger partial charge in [-0.05, 0) is 36.4 Å². The Kier molecular flexibility index (Phi) is 4.14. The number of anilines is 1. The Hall–Kier alpha value is -0.650. The van der Waals surface area contributed by atoms with E-state index in [9.17, 15) is 0 Å². The van der Waals surface area contributed by atoms with Crippen molar-refractivity contribution >= 4 is 28.4 Å². The van der Waals surface area contributed by atoms with Crippen LogP contribution in [0.5, 0.6) is 0 Å². The van der Waals surface area contributed by atoms with Crippen LogP contribution in [0, 0.1) is 3.57 Å². The van der Waals surface area contributed by atoms with E-state index in [1.807, 2.05) is 0 Å². The van der Waals surface area contributed by atoms with Gasteiger partial charge in [0.05, 0.1) is 3.57 Å². The zero-order valence-electron chi connectivity index (χ0n) is 7.71. The van der Waals surface area contributed by atoms with E-state index < -0.39 is 0 Å². The third-order valence-corrected chi connectivity index (χ3v) is 2.24. The first kappa shape index (κ1) is 10.4. The normalized spacial score (nSPS) is 9.46. The third kappa shape index (κ3) is 3.71. The largest absolute Gasteiger partial charge is 0.366 e. The Balaban J connectivity index is 2.55. The van der Waals surface area contributed by atoms with Crippen LogP contribution in [0.25, 0.3) is 0 Å². The number of nitrogens with zero attached hydrogens (tertiary/aromatic N) is 2. The number of allylic oxidation sites excluding steroid dienone is 1. The summed E-state index contributed by atoms with van der Waals surface area (Å²) in [6, 6.07) is 0. The van der Waals surface area contributed by atoms with Crippen LogP contribution in [0.3, 0.4) is 0 Å². The van der Waals surface area contributed by atoms with E-state index in [-0.39, 0.29) is 0 Å². The molecule has 1 aromatic heterocycles. The lowest BCUT2D eigenvalue weighted by Crippen LogP contribution is -2.03. The lowest BCUT2D eigenvalue weighted by molar-refractivity contribution is 1.12. The van der Waals surface area contributed by atoms with Gasteiger partial charge in [-0.2, -0.15) is 0 Å². The number of halogens is 1. The summed E-state index contributed by atoms with van der Waals surface area (Å²) in [5.41, 5.74) is 1.30. The van der Waals surface area contributed by atoms with Crippen LogP contribution < -0.4 is 5.32 Å². The maximum Gasteiger partial charge on any atom is 0.143 e. The quantitative estimate of drug-likeness (QED) is 0.686. The maximum atomic E-state index is 4.12. The molecule has 0 spiro atoms. The summed E-state index contributed by atoms with van der Waals surface area (Å²) in [5.74, 6) is 0.896. The van der Waals surface area contributed by atoms with E-state index in [0.717, 1.165) is 15.9 Å². The fourth-order valence-electron chi connectivity index (χ4n) is 0.795. The number of nitrogens with one attached hydrogen (secondary N) is 1. The second-order valence-electron chi connectivity index (χ2n) is 2.88. The van der Waals surface area contributed by atoms with Crippen LogP contribution in [0.2, 0.25) is 0 Å². The third-order valence-electron chi connectivity index (χ3n) is 1.45. The summed E-state index contributed by atoms with van der Waals surface area (Å²) in [5, 5.41) is 3.21. The van der Waals surface area contributed by atoms with E-state index >= 15 is 0 Å². The van der Waals surface area contributed by atoms with Crippen LogP contribution in [0.15, 0.2) is 24.2 Å². The van der Waals surface area contributed by atoms with Crippen LogP contribution in [-0.4, -0.2) is 16.5 Å². The van der Waals surface area contributed by atoms with E-state index in [4.69, 9.17) is 0 Å². The minimum Gasteiger partial charge on any atom is -0.366 e. The lowest BCUT2D eigenvalue weighted by atomic mass is 10.3. The summed E-state index contributed by atoms with van der Waals surface area (Å²) in [6.07, 6.45) is 5.46. The fourth-order valence-corrected chi connectivity index (χ4v) is 1.29. The van der Waals surface area contributed by atoms with Gasteiger partial charge in [0.25, 0.3) is 0 Å². The van der Waals surface area contributed by atoms with Crippen LogP contribution in [0.4, 0.5) is 5.82 Å². The van der Waals surface area contributed by atoms with Gasteiger partial charge in [-0.25, -0.2) is 9.97 Å². The molecule has 0 aliphatic rings. The van der Waals surface area contributed by atoms with Gasteiger partial charge in [-0.15, -0.1) is 0 Å². The summed E-state index contributed by atoms with van der Waals surface area (Å²) >= 11 is 2.21. The zero-order chi connectivity index (χ0) is 9.68. The van der Waals surface area contributed by atoms with Crippen molar-refractivity contribution in [1.29, 1.82) is 0 Å². The Bertz CT molecular complexity index is 305. The van der Waals surface area contributed by atoms with Crippen LogP contribution in [0.1, 0.15) is 13.8 Å². The number of rotatable bonds is 3. The summed E-state index contributed by atoms with van der Waals surface area (Å²) < 4.78 is 1.04. The number of hydrogen-bond acceptors (Lipinski definition) is 3. The summed E-state index contributed by atoms with van der Waals surface area (Å²) in [7, 11) is 0. The molecule has 1 rings (SSSR count). The van der Waals surface area contributed by atoms with Gasteiger partial charge < -0.3 is 5.32 Å². The van der Waals surface area contributed by atoms with Gasteiger partial charge >= 0.3 is 0 Å². The average molecular weight is 289 g/mol. The molecule has 0 unspecified atom stereocenters. The minimum absolute atomic E-state index is 0.815. The molecule has 0 saturated carbocycles. The van der Waals surface area contributed by atoms with E-state index in [0.29, 0.717) is 0 Å². The zero-order valence-corrected chi connectivity index (χ0v) is 9.87. The maximum absolute atomic E-state index is 4.12. The first-order chi connectivity index (χ1) is 6.20. The highest BCUT2D eigenvalue weighted by atomic mass is 127. The molecule has 0 amide bonds. The molecule has 0 fully saturated rings. The molecule has 0 aliphatic carbocycles. The average Bonchev–Trinajstić information content (AvgIpc) is 2.08. The fraction of sp³-hybridized carbons (Fsp3) is 0.333. The van der Waals surface area contributed by atoms with Crippen molar-refractivity contribution in [2.24, 2.45) is 0 Å². The molecule has 3 nitrogen and oxygen atoms in total. The van der Waals surface area contributed by atoms with Crippen LogP contribution in [-0.2, 0) is 0 Å². The molecular weight excluding hydrogens is 277 g/mol. The Morgan fingerprint density at radius 1 is 1.62 bits per heavy atom. The Morgan fingerprint density at radius 2 is 2.38 bits per heavy atom. The molecule has 0 aliphatic heterocycles. The first-order valence-corrected chi connectivity index (χ1v) is 5.11. The van der Waals surface area contributed by atoms with Gasteiger partial charge in [0.15, 0.2) is 0 Å². The van der Waals surface area contributed by atoms with Gasteiger partial charge in [-0.3, -0.25) is 0 Å². The molecular formula is C9H12IN3. The van der Waals surface area contributed by atoms with E-state index in [1.54, 1.807) is 12.5 Å². The standard InChI is InChI=1S/C9H12IN3/c1-7(2)3-4-12-9-8(10)5-11-6-13-9/h3,5-6H,4H2,1-2H3,(H,11,12,13). The van der Waals surface area contributed by atoms with Crippen molar-refractivity contribution in [1.82, 2.24) is 9.97 Å². The van der Waals surface area contributed by atoms with Gasteiger partial charge in [0.1, 0.15) is 12.1 Å². The van der Waals surface area contributed by atoms with Crippen molar-refractivity contribution in [3.8, 4) is 0 Å². The van der Waals surface area contributed by atoms with Gasteiger partial charge in [0.2, 0.25) is 0 Å². The SMILES string of the molecule is CC(C)=CCNc1ncncc1I. The Morgan fingerprint density at radius 3 is 3.00 bits per heavy atom. The van der Waals surface area contributed by atoms with Gasteiger partial charge in [-0.1, -0.05) is 11.6 Å².